The number of hydrogen-bond acceptors (Lipinski definition) is 2. The smallest absolute Gasteiger partial charge is 0.275 e. The Bertz CT molecular complexity index is 617. The Balaban J connectivity index is 0.00000900. The van der Waals surface area contributed by atoms with Crippen molar-refractivity contribution >= 4 is 5.91 Å². The number of hydrogen-bond donors (Lipinski definition) is 1. The van der Waals surface area contributed by atoms with Crippen molar-refractivity contribution in [1.29, 1.82) is 0 Å². The summed E-state index contributed by atoms with van der Waals surface area (Å²) >= 11 is 0. The van der Waals surface area contributed by atoms with Gasteiger partial charge < -0.3 is 31.5 Å². The molecule has 0 radical (unpaired) electrons. The number of unbranched alkanes of at least 4 members (excludes halogenated alkanes) is 6. The highest BCUT2D eigenvalue weighted by Crippen LogP contribution is 2.27. The zero-order valence-corrected chi connectivity index (χ0v) is 22.5. The average Bonchev–Trinajstić information content (AvgIpc) is 2.66. The van der Waals surface area contributed by atoms with Crippen LogP contribution >= 0.6 is 0 Å². The molecule has 1 aromatic rings. The Morgan fingerprint density at radius 3 is 2.39 bits per heavy atom. The Labute approximate surface area is 202 Å². The topological polar surface area (TPSA) is 38.3 Å². The van der Waals surface area contributed by atoms with Crippen LogP contribution in [-0.4, -0.2) is 50.7 Å². The van der Waals surface area contributed by atoms with Gasteiger partial charge in [0, 0.05) is 6.54 Å². The predicted octanol–water partition coefficient (Wildman–Crippen LogP) is 2.83. The minimum atomic E-state index is 0. The summed E-state index contributed by atoms with van der Waals surface area (Å²) in [5, 5.41) is 3.09. The normalized spacial score (nSPS) is 11.3. The van der Waals surface area contributed by atoms with Crippen molar-refractivity contribution in [3.63, 3.8) is 0 Å². The molecule has 31 heavy (non-hydrogen) atoms. The number of carbonyl (C=O) groups is 1. The van der Waals surface area contributed by atoms with Gasteiger partial charge in [0.25, 0.3) is 5.91 Å². The van der Waals surface area contributed by atoms with Crippen molar-refractivity contribution in [3.05, 3.63) is 29.3 Å². The number of nitrogens with zero attached hydrogens (tertiary/aromatic N) is 1. The van der Waals surface area contributed by atoms with Crippen LogP contribution in [0.2, 0.25) is 0 Å². The monoisotopic (exact) mass is 498 g/mol. The van der Waals surface area contributed by atoms with E-state index in [9.17, 15) is 4.79 Å². The maximum absolute atomic E-state index is 12.2. The number of nitrogens with one attached hydrogen (secondary N) is 1. The van der Waals surface area contributed by atoms with Gasteiger partial charge in [-0.1, -0.05) is 58.6 Å². The quantitative estimate of drug-likeness (QED) is 0.281. The Kier molecular flexibility index (Phi) is 16.0. The molecule has 1 N–H and O–H groups in total. The first-order valence-electron chi connectivity index (χ1n) is 12.1. The van der Waals surface area contributed by atoms with E-state index in [0.29, 0.717) is 12.5 Å². The molecule has 4 nitrogen and oxygen atoms in total. The van der Waals surface area contributed by atoms with E-state index in [0.717, 1.165) is 55.6 Å². The summed E-state index contributed by atoms with van der Waals surface area (Å²) in [5.41, 5.74) is 2.53. The third-order valence-corrected chi connectivity index (χ3v) is 5.63. The second-order valence-corrected chi connectivity index (χ2v) is 9.69. The van der Waals surface area contributed by atoms with Crippen molar-refractivity contribution in [2.45, 2.75) is 85.0 Å². The molecule has 1 rings (SSSR count). The van der Waals surface area contributed by atoms with Crippen LogP contribution in [0.4, 0.5) is 0 Å². The summed E-state index contributed by atoms with van der Waals surface area (Å²) in [4.78, 5) is 12.2. The number of aryl methyl sites for hydroxylation is 1. The molecule has 0 bridgehead atoms. The summed E-state index contributed by atoms with van der Waals surface area (Å²) < 4.78 is 6.83. The number of quaternary nitrogens is 1. The van der Waals surface area contributed by atoms with E-state index in [1.807, 2.05) is 0 Å². The van der Waals surface area contributed by atoms with E-state index in [4.69, 9.17) is 4.74 Å². The predicted molar refractivity (Wildman–Crippen MR) is 128 cm³/mol. The largest absolute Gasteiger partial charge is 1.00 e. The second-order valence-electron chi connectivity index (χ2n) is 9.69. The maximum atomic E-state index is 12.2. The average molecular weight is 500 g/mol. The van der Waals surface area contributed by atoms with Gasteiger partial charge in [0.2, 0.25) is 0 Å². The lowest BCUT2D eigenvalue weighted by molar-refractivity contribution is -0.882. The number of likely N-dealkylation sites (N-methyl/N-ethyl adjacent to an activating group) is 1. The van der Waals surface area contributed by atoms with Crippen molar-refractivity contribution in [2.24, 2.45) is 0 Å². The van der Waals surface area contributed by atoms with Crippen molar-refractivity contribution in [3.8, 4) is 5.75 Å². The molecule has 0 atom stereocenters. The summed E-state index contributed by atoms with van der Waals surface area (Å²) in [6.07, 6.45) is 9.45. The molecule has 180 valence electrons. The van der Waals surface area contributed by atoms with Gasteiger partial charge in [-0.25, -0.2) is 0 Å². The number of benzene rings is 1. The fraction of sp³-hybridized carbons (Fsp3) is 0.731. The minimum absolute atomic E-state index is 0. The van der Waals surface area contributed by atoms with E-state index in [-0.39, 0.29) is 22.9 Å². The molecule has 5 heteroatoms. The molecule has 0 unspecified atom stereocenters. The summed E-state index contributed by atoms with van der Waals surface area (Å²) in [6.45, 7) is 11.9. The van der Waals surface area contributed by atoms with Crippen LogP contribution in [0.15, 0.2) is 18.2 Å². The van der Waals surface area contributed by atoms with Crippen LogP contribution < -0.4 is 27.0 Å². The SMILES string of the molecule is CCCCCCCNC(=O)C[N+](C)(C)CCCCCOc1cc(C)ccc1C(C)C.[Br-]. The van der Waals surface area contributed by atoms with E-state index in [1.165, 1.54) is 36.8 Å². The second kappa shape index (κ2) is 16.5. The third kappa shape index (κ3) is 13.8. The van der Waals surface area contributed by atoms with Gasteiger partial charge in [0.05, 0.1) is 27.2 Å². The number of carbonyl (C=O) groups excluding carboxylic acids is 1. The van der Waals surface area contributed by atoms with Gasteiger partial charge in [-0.2, -0.15) is 0 Å². The number of rotatable bonds is 16. The van der Waals surface area contributed by atoms with Gasteiger partial charge >= 0.3 is 0 Å². The van der Waals surface area contributed by atoms with E-state index in [1.54, 1.807) is 0 Å². The molecule has 0 aliphatic rings. The molecule has 0 aliphatic heterocycles. The molecule has 0 aliphatic carbocycles. The van der Waals surface area contributed by atoms with Crippen LogP contribution in [0.3, 0.4) is 0 Å². The summed E-state index contributed by atoms with van der Waals surface area (Å²) in [6, 6.07) is 6.49. The summed E-state index contributed by atoms with van der Waals surface area (Å²) in [7, 11) is 4.30. The lowest BCUT2D eigenvalue weighted by atomic mass is 10.0. The van der Waals surface area contributed by atoms with Gasteiger partial charge in [0.15, 0.2) is 6.54 Å². The molecule has 0 heterocycles. The Morgan fingerprint density at radius 2 is 1.71 bits per heavy atom. The van der Waals surface area contributed by atoms with Crippen molar-refractivity contribution in [1.82, 2.24) is 5.32 Å². The molecule has 1 aromatic carbocycles. The lowest BCUT2D eigenvalue weighted by Crippen LogP contribution is -3.00. The molecule has 0 spiro atoms. The fourth-order valence-corrected chi connectivity index (χ4v) is 3.72. The first-order chi connectivity index (χ1) is 14.2. The zero-order valence-electron chi connectivity index (χ0n) is 20.9. The molecule has 1 amide bonds. The lowest BCUT2D eigenvalue weighted by Gasteiger charge is -2.29. The molecule has 0 aromatic heterocycles. The van der Waals surface area contributed by atoms with Gasteiger partial charge in [-0.3, -0.25) is 4.79 Å². The highest BCUT2D eigenvalue weighted by atomic mass is 79.9. The Morgan fingerprint density at radius 1 is 1.03 bits per heavy atom. The van der Waals surface area contributed by atoms with Gasteiger partial charge in [0.1, 0.15) is 5.75 Å². The molecule has 0 fully saturated rings. The van der Waals surface area contributed by atoms with Crippen molar-refractivity contribution in [2.75, 3.05) is 40.3 Å². The van der Waals surface area contributed by atoms with Crippen molar-refractivity contribution < 1.29 is 31.0 Å². The standard InChI is InChI=1S/C26H46N2O2.BrH/c1-7-8-9-10-12-17-27-26(29)21-28(5,6)18-13-11-14-19-30-25-20-23(4)15-16-24(25)22(2)3;/h15-16,20,22H,7-14,17-19,21H2,1-6H3;1H. The number of ether oxygens (including phenoxy) is 1. The van der Waals surface area contributed by atoms with Gasteiger partial charge in [-0.15, -0.1) is 0 Å². The van der Waals surface area contributed by atoms with Gasteiger partial charge in [-0.05, 0) is 55.7 Å². The molecule has 0 saturated carbocycles. The van der Waals surface area contributed by atoms with E-state index < -0.39 is 0 Å². The zero-order chi connectivity index (χ0) is 22.4. The first kappa shape index (κ1) is 29.9. The van der Waals surface area contributed by atoms with Crippen LogP contribution in [0.25, 0.3) is 0 Å². The first-order valence-corrected chi connectivity index (χ1v) is 12.1. The molecular weight excluding hydrogens is 452 g/mol. The van der Waals surface area contributed by atoms with Crippen LogP contribution in [0.1, 0.15) is 89.2 Å². The highest BCUT2D eigenvalue weighted by Gasteiger charge is 2.19. The minimum Gasteiger partial charge on any atom is -1.00 e. The number of halogens is 1. The van der Waals surface area contributed by atoms with Crippen LogP contribution in [0.5, 0.6) is 5.75 Å². The van der Waals surface area contributed by atoms with E-state index in [2.05, 4.69) is 65.3 Å². The number of amides is 1. The van der Waals surface area contributed by atoms with Crippen LogP contribution in [-0.2, 0) is 4.79 Å². The Hall–Kier alpha value is -1.07. The summed E-state index contributed by atoms with van der Waals surface area (Å²) in [5.74, 6) is 1.69. The van der Waals surface area contributed by atoms with Crippen LogP contribution in [0, 0.1) is 6.92 Å². The third-order valence-electron chi connectivity index (χ3n) is 5.63. The maximum Gasteiger partial charge on any atom is 0.275 e. The van der Waals surface area contributed by atoms with E-state index >= 15 is 0 Å². The molecular formula is C26H47BrN2O2. The fourth-order valence-electron chi connectivity index (χ4n) is 3.72. The molecule has 0 saturated heterocycles. The highest BCUT2D eigenvalue weighted by molar-refractivity contribution is 5.76.